The highest BCUT2D eigenvalue weighted by molar-refractivity contribution is 5.25. The van der Waals surface area contributed by atoms with Crippen LogP contribution in [0.2, 0.25) is 0 Å². The molecular formula is C12H15NO3. The van der Waals surface area contributed by atoms with Gasteiger partial charge >= 0.3 is 5.97 Å². The van der Waals surface area contributed by atoms with Gasteiger partial charge in [-0.2, -0.15) is 0 Å². The Morgan fingerprint density at radius 3 is 2.12 bits per heavy atom. The second-order valence-corrected chi connectivity index (χ2v) is 4.26. The molecule has 3 heterocycles. The van der Waals surface area contributed by atoms with Crippen LogP contribution in [0.3, 0.4) is 0 Å². The molecule has 1 aromatic rings. The number of nitrogens with two attached hydrogens (primary N) is 1. The Morgan fingerprint density at radius 1 is 1.06 bits per heavy atom. The van der Waals surface area contributed by atoms with Crippen molar-refractivity contribution in [3.8, 4) is 0 Å². The van der Waals surface area contributed by atoms with Crippen molar-refractivity contribution < 1.29 is 14.2 Å². The molecule has 4 rings (SSSR count). The van der Waals surface area contributed by atoms with Gasteiger partial charge in [0, 0.05) is 18.0 Å². The van der Waals surface area contributed by atoms with E-state index in [4.69, 9.17) is 19.9 Å². The van der Waals surface area contributed by atoms with Crippen LogP contribution in [0.25, 0.3) is 0 Å². The number of hydrogen-bond donors (Lipinski definition) is 1. The molecule has 0 aromatic heterocycles. The minimum absolute atomic E-state index is 0.380. The van der Waals surface area contributed by atoms with Crippen molar-refractivity contribution in [2.75, 3.05) is 19.8 Å². The van der Waals surface area contributed by atoms with Crippen molar-refractivity contribution in [3.63, 3.8) is 0 Å². The van der Waals surface area contributed by atoms with E-state index in [1.165, 1.54) is 0 Å². The lowest BCUT2D eigenvalue weighted by molar-refractivity contribution is -0.460. The van der Waals surface area contributed by atoms with Gasteiger partial charge in [0.15, 0.2) is 0 Å². The fourth-order valence-electron chi connectivity index (χ4n) is 2.05. The molecule has 1 aromatic carbocycles. The Balaban J connectivity index is 1.89. The molecule has 3 aliphatic rings. The first kappa shape index (κ1) is 10.2. The van der Waals surface area contributed by atoms with Crippen molar-refractivity contribution in [3.05, 3.63) is 35.4 Å². The smallest absolute Gasteiger partial charge is 0.312 e. The lowest BCUT2D eigenvalue weighted by Crippen LogP contribution is -2.51. The third kappa shape index (κ3) is 1.55. The molecule has 2 bridgehead atoms. The van der Waals surface area contributed by atoms with Crippen LogP contribution in [-0.2, 0) is 26.7 Å². The molecule has 3 fully saturated rings. The van der Waals surface area contributed by atoms with Gasteiger partial charge in [-0.05, 0) is 5.56 Å². The first-order valence-corrected chi connectivity index (χ1v) is 5.54. The van der Waals surface area contributed by atoms with Crippen molar-refractivity contribution >= 4 is 0 Å². The van der Waals surface area contributed by atoms with Crippen LogP contribution in [0.5, 0.6) is 0 Å². The molecule has 2 N–H and O–H groups in total. The summed E-state index contributed by atoms with van der Waals surface area (Å²) >= 11 is 0. The average molecular weight is 221 g/mol. The molecule has 0 unspecified atom stereocenters. The lowest BCUT2D eigenvalue weighted by Gasteiger charge is -2.45. The maximum Gasteiger partial charge on any atom is 0.312 e. The molecule has 4 heteroatoms. The number of rotatable bonds is 2. The summed E-state index contributed by atoms with van der Waals surface area (Å²) in [6, 6.07) is 7.85. The summed E-state index contributed by atoms with van der Waals surface area (Å²) in [6.45, 7) is 2.66. The Labute approximate surface area is 94.3 Å². The van der Waals surface area contributed by atoms with Gasteiger partial charge in [0.2, 0.25) is 0 Å². The van der Waals surface area contributed by atoms with Crippen LogP contribution < -0.4 is 5.73 Å². The summed E-state index contributed by atoms with van der Waals surface area (Å²) in [7, 11) is 0. The van der Waals surface area contributed by atoms with Crippen LogP contribution in [0, 0.1) is 5.92 Å². The number of benzene rings is 1. The monoisotopic (exact) mass is 221 g/mol. The standard InChI is InChI=1S/C12H15NO3/c13-5-9-1-3-11(4-2-9)12-14-6-10(7-15-12)8-16-12/h1-4,10H,5-8,13H2. The molecule has 3 aliphatic heterocycles. The van der Waals surface area contributed by atoms with E-state index < -0.39 is 5.97 Å². The van der Waals surface area contributed by atoms with Gasteiger partial charge in [-0.15, -0.1) is 0 Å². The Bertz CT molecular complexity index is 355. The molecule has 0 spiro atoms. The molecule has 4 nitrogen and oxygen atoms in total. The predicted molar refractivity (Wildman–Crippen MR) is 57.4 cm³/mol. The van der Waals surface area contributed by atoms with Crippen LogP contribution >= 0.6 is 0 Å². The fourth-order valence-corrected chi connectivity index (χ4v) is 2.05. The third-order valence-electron chi connectivity index (χ3n) is 3.07. The summed E-state index contributed by atoms with van der Waals surface area (Å²) < 4.78 is 16.9. The third-order valence-corrected chi connectivity index (χ3v) is 3.07. The van der Waals surface area contributed by atoms with E-state index in [1.807, 2.05) is 24.3 Å². The van der Waals surface area contributed by atoms with Gasteiger partial charge in [0.25, 0.3) is 0 Å². The maximum atomic E-state index is 5.65. The summed E-state index contributed by atoms with van der Waals surface area (Å²) in [4.78, 5) is 0. The van der Waals surface area contributed by atoms with Crippen molar-refractivity contribution in [2.45, 2.75) is 12.5 Å². The predicted octanol–water partition coefficient (Wildman–Crippen LogP) is 0.949. The van der Waals surface area contributed by atoms with Crippen LogP contribution in [0.1, 0.15) is 11.1 Å². The summed E-state index contributed by atoms with van der Waals surface area (Å²) in [5.41, 5.74) is 7.55. The fraction of sp³-hybridized carbons (Fsp3) is 0.500. The molecule has 0 radical (unpaired) electrons. The molecule has 3 saturated heterocycles. The highest BCUT2D eigenvalue weighted by Gasteiger charge is 2.46. The molecule has 0 atom stereocenters. The van der Waals surface area contributed by atoms with Crippen LogP contribution in [-0.4, -0.2) is 19.8 Å². The highest BCUT2D eigenvalue weighted by atomic mass is 16.9. The average Bonchev–Trinajstić information content (AvgIpc) is 2.41. The second kappa shape index (κ2) is 3.82. The number of hydrogen-bond acceptors (Lipinski definition) is 4. The maximum absolute atomic E-state index is 5.65. The van der Waals surface area contributed by atoms with Crippen LogP contribution in [0.4, 0.5) is 0 Å². The van der Waals surface area contributed by atoms with E-state index in [-0.39, 0.29) is 0 Å². The van der Waals surface area contributed by atoms with Gasteiger partial charge in [-0.25, -0.2) is 0 Å². The topological polar surface area (TPSA) is 53.7 Å². The zero-order valence-corrected chi connectivity index (χ0v) is 9.02. The Morgan fingerprint density at radius 2 is 1.62 bits per heavy atom. The number of ether oxygens (including phenoxy) is 3. The van der Waals surface area contributed by atoms with Gasteiger partial charge in [-0.1, -0.05) is 24.3 Å². The van der Waals surface area contributed by atoms with Crippen molar-refractivity contribution in [2.24, 2.45) is 11.7 Å². The Hall–Kier alpha value is -0.940. The zero-order valence-electron chi connectivity index (χ0n) is 9.02. The summed E-state index contributed by atoms with van der Waals surface area (Å²) in [5.74, 6) is -0.591. The van der Waals surface area contributed by atoms with E-state index in [2.05, 4.69) is 0 Å². The minimum atomic E-state index is -0.970. The highest BCUT2D eigenvalue weighted by Crippen LogP contribution is 2.38. The van der Waals surface area contributed by atoms with Crippen LogP contribution in [0.15, 0.2) is 24.3 Å². The number of fused-ring (bicyclic) bond motifs is 3. The summed E-state index contributed by atoms with van der Waals surface area (Å²) in [5, 5.41) is 0. The largest absolute Gasteiger partial charge is 0.326 e. The van der Waals surface area contributed by atoms with E-state index >= 15 is 0 Å². The van der Waals surface area contributed by atoms with Crippen molar-refractivity contribution in [1.29, 1.82) is 0 Å². The molecule has 0 saturated carbocycles. The summed E-state index contributed by atoms with van der Waals surface area (Å²) in [6.07, 6.45) is 0. The molecule has 86 valence electrons. The minimum Gasteiger partial charge on any atom is -0.326 e. The van der Waals surface area contributed by atoms with E-state index in [0.717, 1.165) is 11.1 Å². The van der Waals surface area contributed by atoms with Gasteiger partial charge in [-0.3, -0.25) is 0 Å². The van der Waals surface area contributed by atoms with E-state index in [1.54, 1.807) is 0 Å². The second-order valence-electron chi connectivity index (χ2n) is 4.26. The molecule has 16 heavy (non-hydrogen) atoms. The first-order chi connectivity index (χ1) is 7.82. The lowest BCUT2D eigenvalue weighted by atomic mass is 10.1. The van der Waals surface area contributed by atoms with E-state index in [0.29, 0.717) is 32.3 Å². The zero-order chi connectivity index (χ0) is 11.0. The molecular weight excluding hydrogens is 206 g/mol. The normalized spacial score (nSPS) is 32.9. The van der Waals surface area contributed by atoms with Gasteiger partial charge in [0.1, 0.15) is 0 Å². The van der Waals surface area contributed by atoms with E-state index in [9.17, 15) is 0 Å². The molecule has 0 amide bonds. The quantitative estimate of drug-likeness (QED) is 0.807. The first-order valence-electron chi connectivity index (χ1n) is 5.54. The van der Waals surface area contributed by atoms with Gasteiger partial charge < -0.3 is 19.9 Å². The SMILES string of the molecule is NCc1ccc(C23OCC(CO2)CO3)cc1. The molecule has 0 aliphatic carbocycles. The van der Waals surface area contributed by atoms with Gasteiger partial charge in [0.05, 0.1) is 19.8 Å². The van der Waals surface area contributed by atoms with Crippen molar-refractivity contribution in [1.82, 2.24) is 0 Å². The Kier molecular flexibility index (Phi) is 2.44.